The van der Waals surface area contributed by atoms with Crippen molar-refractivity contribution in [2.75, 3.05) is 26.2 Å². The first-order valence-electron chi connectivity index (χ1n) is 10.3. The molecule has 0 aliphatic carbocycles. The molecule has 1 saturated heterocycles. The Kier molecular flexibility index (Phi) is 6.21. The van der Waals surface area contributed by atoms with E-state index >= 15 is 0 Å². The Bertz CT molecular complexity index is 1200. The molecule has 4 rings (SSSR count). The Hall–Kier alpha value is -2.19. The second-order valence-electron chi connectivity index (χ2n) is 7.96. The maximum absolute atomic E-state index is 13.0. The minimum Gasteiger partial charge on any atom is -0.441 e. The maximum Gasteiger partial charge on any atom is 0.243 e. The summed E-state index contributed by atoms with van der Waals surface area (Å²) in [5.74, 6) is 1.31. The van der Waals surface area contributed by atoms with Crippen molar-refractivity contribution >= 4 is 21.6 Å². The van der Waals surface area contributed by atoms with Crippen LogP contribution in [-0.4, -0.2) is 48.8 Å². The first-order valence-corrected chi connectivity index (χ1v) is 12.1. The summed E-state index contributed by atoms with van der Waals surface area (Å²) in [6.45, 7) is 8.62. The first kappa shape index (κ1) is 22.0. The van der Waals surface area contributed by atoms with Gasteiger partial charge in [-0.05, 0) is 62.2 Å². The molecule has 1 fully saturated rings. The van der Waals surface area contributed by atoms with E-state index in [1.54, 1.807) is 16.4 Å². The quantitative estimate of drug-likeness (QED) is 0.564. The molecule has 2 aromatic carbocycles. The molecule has 2 heterocycles. The van der Waals surface area contributed by atoms with Gasteiger partial charge < -0.3 is 4.42 Å². The molecule has 0 N–H and O–H groups in total. The zero-order chi connectivity index (χ0) is 22.2. The van der Waals surface area contributed by atoms with Crippen LogP contribution in [0.2, 0.25) is 5.02 Å². The van der Waals surface area contributed by atoms with E-state index in [1.165, 1.54) is 0 Å². The maximum atomic E-state index is 13.0. The molecule has 164 valence electrons. The summed E-state index contributed by atoms with van der Waals surface area (Å²) < 4.78 is 33.5. The fourth-order valence-corrected chi connectivity index (χ4v) is 5.38. The van der Waals surface area contributed by atoms with E-state index < -0.39 is 10.0 Å². The number of hydrogen-bond donors (Lipinski definition) is 0. The van der Waals surface area contributed by atoms with Crippen LogP contribution in [-0.2, 0) is 16.6 Å². The highest BCUT2D eigenvalue weighted by atomic mass is 35.5. The monoisotopic (exact) mass is 459 g/mol. The van der Waals surface area contributed by atoms with Crippen molar-refractivity contribution in [3.63, 3.8) is 0 Å². The van der Waals surface area contributed by atoms with Crippen LogP contribution in [0.15, 0.2) is 51.8 Å². The minimum absolute atomic E-state index is 0.363. The van der Waals surface area contributed by atoms with Crippen LogP contribution in [0.5, 0.6) is 0 Å². The smallest absolute Gasteiger partial charge is 0.243 e. The number of piperazine rings is 1. The van der Waals surface area contributed by atoms with Crippen molar-refractivity contribution in [2.45, 2.75) is 32.2 Å². The molecule has 0 radical (unpaired) electrons. The predicted molar refractivity (Wildman–Crippen MR) is 122 cm³/mol. The average molecular weight is 460 g/mol. The van der Waals surface area contributed by atoms with Gasteiger partial charge in [-0.1, -0.05) is 23.7 Å². The highest BCUT2D eigenvalue weighted by Crippen LogP contribution is 2.26. The molecule has 8 heteroatoms. The number of sulfonamides is 1. The Morgan fingerprint density at radius 2 is 1.74 bits per heavy atom. The molecule has 0 unspecified atom stereocenters. The lowest BCUT2D eigenvalue weighted by Crippen LogP contribution is -2.48. The van der Waals surface area contributed by atoms with Gasteiger partial charge >= 0.3 is 0 Å². The van der Waals surface area contributed by atoms with Crippen molar-refractivity contribution in [3.8, 4) is 11.5 Å². The van der Waals surface area contributed by atoms with Gasteiger partial charge in [0.05, 0.1) is 10.6 Å². The molecule has 0 atom stereocenters. The zero-order valence-corrected chi connectivity index (χ0v) is 19.5. The van der Waals surface area contributed by atoms with E-state index in [4.69, 9.17) is 16.0 Å². The summed E-state index contributed by atoms with van der Waals surface area (Å²) in [5.41, 5.74) is 3.77. The molecule has 1 aromatic heterocycles. The van der Waals surface area contributed by atoms with Crippen LogP contribution in [0.4, 0.5) is 0 Å². The molecule has 0 saturated carbocycles. The number of rotatable bonds is 5. The number of aryl methyl sites for hydroxylation is 3. The van der Waals surface area contributed by atoms with Crippen molar-refractivity contribution in [2.24, 2.45) is 0 Å². The van der Waals surface area contributed by atoms with Gasteiger partial charge in [-0.25, -0.2) is 13.4 Å². The van der Waals surface area contributed by atoms with Crippen LogP contribution < -0.4 is 0 Å². The summed E-state index contributed by atoms with van der Waals surface area (Å²) in [4.78, 5) is 7.22. The fraction of sp³-hybridized carbons (Fsp3) is 0.348. The highest BCUT2D eigenvalue weighted by Gasteiger charge is 2.29. The first-order chi connectivity index (χ1) is 14.7. The van der Waals surface area contributed by atoms with Gasteiger partial charge in [0.1, 0.15) is 5.76 Å². The Morgan fingerprint density at radius 1 is 1.00 bits per heavy atom. The van der Waals surface area contributed by atoms with Gasteiger partial charge in [-0.15, -0.1) is 0 Å². The van der Waals surface area contributed by atoms with Gasteiger partial charge in [0.25, 0.3) is 0 Å². The third-order valence-corrected chi connectivity index (χ3v) is 7.91. The largest absolute Gasteiger partial charge is 0.441 e. The lowest BCUT2D eigenvalue weighted by atomic mass is 10.1. The van der Waals surface area contributed by atoms with Crippen LogP contribution in [0.3, 0.4) is 0 Å². The lowest BCUT2D eigenvalue weighted by Gasteiger charge is -2.33. The van der Waals surface area contributed by atoms with Crippen LogP contribution in [0, 0.1) is 20.8 Å². The number of oxazole rings is 1. The average Bonchev–Trinajstić information content (AvgIpc) is 3.11. The molecule has 0 bridgehead atoms. The van der Waals surface area contributed by atoms with Gasteiger partial charge in [0.15, 0.2) is 0 Å². The predicted octanol–water partition coefficient (Wildman–Crippen LogP) is 4.43. The Labute approximate surface area is 188 Å². The molecule has 6 nitrogen and oxygen atoms in total. The van der Waals surface area contributed by atoms with Crippen LogP contribution >= 0.6 is 11.6 Å². The molecule has 31 heavy (non-hydrogen) atoms. The third kappa shape index (κ3) is 4.70. The highest BCUT2D eigenvalue weighted by molar-refractivity contribution is 7.89. The third-order valence-electron chi connectivity index (χ3n) is 5.79. The number of aromatic nitrogens is 1. The SMILES string of the molecule is Cc1ccc(S(=O)(=O)N2CCN(Cc3nc(-c4cccc(Cl)c4)oc3C)CC2)cc1C. The standard InChI is InChI=1S/C23H26ClN3O3S/c1-16-7-8-21(13-17(16)2)31(28,29)27-11-9-26(10-12-27)15-22-18(3)30-23(25-22)19-5-4-6-20(24)14-19/h4-8,13-14H,9-12,15H2,1-3H3. The number of halogens is 1. The van der Waals surface area contributed by atoms with Crippen molar-refractivity contribution in [1.29, 1.82) is 0 Å². The van der Waals surface area contributed by atoms with Crippen LogP contribution in [0.1, 0.15) is 22.6 Å². The molecule has 0 spiro atoms. The van der Waals surface area contributed by atoms with E-state index in [-0.39, 0.29) is 0 Å². The minimum atomic E-state index is -3.48. The van der Waals surface area contributed by atoms with E-state index in [0.717, 1.165) is 28.1 Å². The van der Waals surface area contributed by atoms with Gasteiger partial charge in [-0.2, -0.15) is 4.31 Å². The molecule has 1 aliphatic heterocycles. The topological polar surface area (TPSA) is 66.7 Å². The summed E-state index contributed by atoms with van der Waals surface area (Å²) >= 11 is 6.08. The number of hydrogen-bond acceptors (Lipinski definition) is 5. The van der Waals surface area contributed by atoms with Gasteiger partial charge in [0.2, 0.25) is 15.9 Å². The van der Waals surface area contributed by atoms with Gasteiger partial charge in [0, 0.05) is 43.3 Å². The number of nitrogens with zero attached hydrogens (tertiary/aromatic N) is 3. The second-order valence-corrected chi connectivity index (χ2v) is 10.3. The molecular formula is C23H26ClN3O3S. The van der Waals surface area contributed by atoms with Crippen molar-refractivity contribution in [1.82, 2.24) is 14.2 Å². The summed E-state index contributed by atoms with van der Waals surface area (Å²) in [6, 6.07) is 12.7. The van der Waals surface area contributed by atoms with E-state index in [0.29, 0.717) is 48.5 Å². The summed E-state index contributed by atoms with van der Waals surface area (Å²) in [6.07, 6.45) is 0. The molecule has 1 aliphatic rings. The molecule has 0 amide bonds. The summed E-state index contributed by atoms with van der Waals surface area (Å²) in [7, 11) is -3.48. The Morgan fingerprint density at radius 3 is 2.42 bits per heavy atom. The van der Waals surface area contributed by atoms with Gasteiger partial charge in [-0.3, -0.25) is 4.90 Å². The molecule has 3 aromatic rings. The van der Waals surface area contributed by atoms with Crippen molar-refractivity contribution in [3.05, 3.63) is 70.1 Å². The number of benzene rings is 2. The Balaban J connectivity index is 1.42. The molecular weight excluding hydrogens is 434 g/mol. The second kappa shape index (κ2) is 8.74. The van der Waals surface area contributed by atoms with E-state index in [2.05, 4.69) is 9.88 Å². The summed E-state index contributed by atoms with van der Waals surface area (Å²) in [5, 5.41) is 0.635. The lowest BCUT2D eigenvalue weighted by molar-refractivity contribution is 0.179. The normalized spacial score (nSPS) is 16.0. The van der Waals surface area contributed by atoms with E-state index in [1.807, 2.05) is 51.1 Å². The fourth-order valence-electron chi connectivity index (χ4n) is 3.68. The van der Waals surface area contributed by atoms with E-state index in [9.17, 15) is 8.42 Å². The van der Waals surface area contributed by atoms with Crippen LogP contribution in [0.25, 0.3) is 11.5 Å². The van der Waals surface area contributed by atoms with Crippen molar-refractivity contribution < 1.29 is 12.8 Å². The zero-order valence-electron chi connectivity index (χ0n) is 17.9.